The van der Waals surface area contributed by atoms with E-state index >= 15 is 0 Å². The molecule has 0 spiro atoms. The van der Waals surface area contributed by atoms with Crippen molar-refractivity contribution in [2.24, 2.45) is 41.4 Å². The maximum absolute atomic E-state index is 13.1. The van der Waals surface area contributed by atoms with Crippen LogP contribution in [0.3, 0.4) is 0 Å². The van der Waals surface area contributed by atoms with Gasteiger partial charge in [-0.25, -0.2) is 0 Å². The molecule has 6 aliphatic heterocycles. The number of hydrogen-bond acceptors (Lipinski definition) is 27. The Morgan fingerprint density at radius 1 is 0.298 bits per heavy atom. The fourth-order valence-corrected chi connectivity index (χ4v) is 17.6. The minimum Gasteiger partial charge on any atom is -0.469 e. The van der Waals surface area contributed by atoms with E-state index < -0.39 is 113 Å². The Kier molecular flexibility index (Phi) is 57.7. The summed E-state index contributed by atoms with van der Waals surface area (Å²) in [4.78, 5) is 231. The molecular formula is C102H172N12O27. The monoisotopic (exact) mass is 2000 g/mol. The standard InChI is InChI=1S/C19H26N2O4.C17H30N2O5.2C17H30N2O4.2C16H28N2O5/c1-13(2)20-18(23)16-10-7-11-21(16)19(24)15(12-17(22)25-3)14-8-5-4-6-9-14;1-11(2)18-15(21)13-8-7-9-19(13)16(22)12(10-14(20)23-5)17(3,4)24-6;2*1-6-12(4)13(10-15(20)23-5)17(22)19-9-7-8-14(19)16(21)18-11(2)3;2*1-10(2)17-15(20)13-7-6-8-18(13)16(21)12(11(3)22-4)9-14(19)23-5/h4-6,8-9,13,15-16H,7,10-12H2,1-3H3,(H,20,23);11-13H,7-10H2,1-6H3,(H,18,21);2*11-14H,6-10H2,1-5H3,(H,18,21);2*10-13H,6-9H2,1-5H3,(H,17,20)/t15-,16-;12-,13+;12-,13+,14+;12-,13-,14-;11-,12+,13+;11-,12-,13-/m011010/s1. The number of nitrogens with one attached hydrogen (secondary N) is 6. The second kappa shape index (κ2) is 64.2. The normalized spacial score (nSPS) is 19.7. The number of benzene rings is 1. The van der Waals surface area contributed by atoms with Gasteiger partial charge in [-0.1, -0.05) is 70.9 Å². The van der Waals surface area contributed by atoms with Crippen LogP contribution in [0.5, 0.6) is 0 Å². The third kappa shape index (κ3) is 41.1. The van der Waals surface area contributed by atoms with Gasteiger partial charge in [0.2, 0.25) is 70.9 Å². The van der Waals surface area contributed by atoms with Gasteiger partial charge in [0.15, 0.2) is 0 Å². The van der Waals surface area contributed by atoms with Gasteiger partial charge in [-0.2, -0.15) is 0 Å². The largest absolute Gasteiger partial charge is 0.469 e. The summed E-state index contributed by atoms with van der Waals surface area (Å²) in [6, 6.07) is 6.56. The maximum atomic E-state index is 13.1. The summed E-state index contributed by atoms with van der Waals surface area (Å²) in [5.41, 5.74) is -0.0831. The van der Waals surface area contributed by atoms with Crippen molar-refractivity contribution in [2.45, 2.75) is 363 Å². The first kappa shape index (κ1) is 127. The van der Waals surface area contributed by atoms with Gasteiger partial charge in [0.05, 0.1) is 135 Å². The van der Waals surface area contributed by atoms with E-state index in [4.69, 9.17) is 33.2 Å². The Labute approximate surface area is 836 Å². The highest BCUT2D eigenvalue weighted by atomic mass is 16.5. The topological polar surface area (TPSA) is 482 Å². The van der Waals surface area contributed by atoms with Crippen LogP contribution >= 0.6 is 0 Å². The molecule has 6 N–H and O–H groups in total. The molecule has 0 unspecified atom stereocenters. The van der Waals surface area contributed by atoms with E-state index in [1.165, 1.54) is 64.0 Å². The zero-order valence-corrected chi connectivity index (χ0v) is 89.7. The zero-order valence-electron chi connectivity index (χ0n) is 89.7. The molecule has 1 aromatic rings. The first-order valence-electron chi connectivity index (χ1n) is 50.0. The van der Waals surface area contributed by atoms with Crippen molar-refractivity contribution in [3.63, 3.8) is 0 Å². The molecule has 0 radical (unpaired) electrons. The average Bonchev–Trinajstić information content (AvgIpc) is 1.75. The average molecular weight is 2000 g/mol. The Morgan fingerprint density at radius 3 is 0.730 bits per heavy atom. The predicted octanol–water partition coefficient (Wildman–Crippen LogP) is 7.84. The molecule has 39 nitrogen and oxygen atoms in total. The predicted molar refractivity (Wildman–Crippen MR) is 527 cm³/mol. The first-order valence-corrected chi connectivity index (χ1v) is 50.0. The van der Waals surface area contributed by atoms with Crippen LogP contribution in [-0.4, -0.2) is 330 Å². The second-order valence-corrected chi connectivity index (χ2v) is 39.2. The number of amides is 12. The molecule has 39 heteroatoms. The van der Waals surface area contributed by atoms with Crippen molar-refractivity contribution in [1.82, 2.24) is 61.3 Å². The van der Waals surface area contributed by atoms with Crippen LogP contribution in [-0.2, 0) is 129 Å². The highest BCUT2D eigenvalue weighted by molar-refractivity contribution is 5.97. The smallest absolute Gasteiger partial charge is 0.306 e. The third-order valence-electron chi connectivity index (χ3n) is 26.2. The number of rotatable bonds is 41. The molecule has 6 aliphatic rings. The van der Waals surface area contributed by atoms with Crippen LogP contribution in [0.15, 0.2) is 30.3 Å². The van der Waals surface area contributed by atoms with E-state index in [-0.39, 0.29) is 169 Å². The Hall–Kier alpha value is -10.4. The molecule has 6 heterocycles. The highest BCUT2D eigenvalue weighted by Crippen LogP contribution is 2.35. The van der Waals surface area contributed by atoms with E-state index in [1.807, 2.05) is 141 Å². The maximum Gasteiger partial charge on any atom is 0.306 e. The summed E-state index contributed by atoms with van der Waals surface area (Å²) in [7, 11) is 12.3. The van der Waals surface area contributed by atoms with E-state index in [0.717, 1.165) is 56.9 Å². The van der Waals surface area contributed by atoms with Crippen molar-refractivity contribution < 1.29 is 129 Å². The number of nitrogens with zero attached hydrogens (tertiary/aromatic N) is 6. The molecule has 0 saturated carbocycles. The van der Waals surface area contributed by atoms with Crippen molar-refractivity contribution in [1.29, 1.82) is 0 Å². The zero-order chi connectivity index (χ0) is 107. The van der Waals surface area contributed by atoms with Crippen LogP contribution in [0.4, 0.5) is 0 Å². The van der Waals surface area contributed by atoms with E-state index in [2.05, 4.69) is 41.4 Å². The van der Waals surface area contributed by atoms with E-state index in [1.54, 1.807) is 57.1 Å². The van der Waals surface area contributed by atoms with Crippen molar-refractivity contribution in [3.8, 4) is 0 Å². The van der Waals surface area contributed by atoms with Crippen LogP contribution in [0.2, 0.25) is 0 Å². The number of hydrogen-bond donors (Lipinski definition) is 6. The molecule has 0 aliphatic carbocycles. The molecule has 6 fully saturated rings. The Bertz CT molecular complexity index is 3850. The number of methoxy groups -OCH3 is 9. The number of carbonyl (C=O) groups excluding carboxylic acids is 18. The second-order valence-electron chi connectivity index (χ2n) is 39.2. The fourth-order valence-electron chi connectivity index (χ4n) is 17.6. The van der Waals surface area contributed by atoms with Gasteiger partial charge in [-0.3, -0.25) is 86.3 Å². The molecule has 16 atom stereocenters. The SMILES string of the molecule is CC[C@@H](C)[C@H](CC(=O)OC)C(=O)N1CCC[C@H]1C(=O)NC(C)C.CC[C@H](C)[C@H](CC(=O)OC)C(=O)N1CCC[C@H]1C(=O)NC(C)C.COC(=O)C[C@H](C(=O)N1CCC[C@H]1C(=O)NC(C)C)C(C)(C)OC.COC(=O)C[C@H](C(=O)N1CCC[C@H]1C(=O)NC(C)C)[C@@H](C)OC.COC(=O)C[C@H](C(=O)N1CCC[C@H]1C(=O)NC(C)C)[C@H](C)OC.COC(=O)C[C@H](C(=O)N1CCC[C@H]1C(=O)NC(C)C)c1ccccc1. The molecule has 1 aromatic carbocycles. The minimum absolute atomic E-state index is 0.0105. The van der Waals surface area contributed by atoms with Gasteiger partial charge in [-0.15, -0.1) is 0 Å². The van der Waals surface area contributed by atoms with Gasteiger partial charge in [0.1, 0.15) is 36.3 Å². The number of ether oxygens (including phenoxy) is 9. The van der Waals surface area contributed by atoms with Crippen LogP contribution < -0.4 is 31.9 Å². The van der Waals surface area contributed by atoms with Crippen molar-refractivity contribution in [3.05, 3.63) is 35.9 Å². The summed E-state index contributed by atoms with van der Waals surface area (Å²) in [5.74, 6) is -7.88. The number of likely N-dealkylation sites (tertiary alicyclic amines) is 6. The summed E-state index contributed by atoms with van der Waals surface area (Å²) in [6.45, 7) is 40.8. The quantitative estimate of drug-likeness (QED) is 0.0268. The highest BCUT2D eigenvalue weighted by Gasteiger charge is 2.48. The Morgan fingerprint density at radius 2 is 0.511 bits per heavy atom. The summed E-state index contributed by atoms with van der Waals surface area (Å²) in [5, 5.41) is 17.2. The molecule has 6 saturated heterocycles. The first-order chi connectivity index (χ1) is 66.3. The van der Waals surface area contributed by atoms with Crippen molar-refractivity contribution in [2.75, 3.05) is 103 Å². The number of esters is 6. The summed E-state index contributed by atoms with van der Waals surface area (Å²) < 4.78 is 44.2. The van der Waals surface area contributed by atoms with Gasteiger partial charge in [0.25, 0.3) is 0 Å². The number of carbonyl (C=O) groups is 18. The van der Waals surface area contributed by atoms with E-state index in [9.17, 15) is 86.3 Å². The van der Waals surface area contributed by atoms with Crippen molar-refractivity contribution >= 4 is 107 Å². The molecule has 7 rings (SSSR count). The molecule has 12 amide bonds. The Balaban J connectivity index is 0.000000572. The molecule has 141 heavy (non-hydrogen) atoms. The van der Waals surface area contributed by atoms with Gasteiger partial charge < -0.3 is 104 Å². The van der Waals surface area contributed by atoms with Crippen LogP contribution in [0.25, 0.3) is 0 Å². The fraction of sp³-hybridized carbons (Fsp3) is 0.765. The molecule has 802 valence electrons. The minimum atomic E-state index is -0.840. The lowest BCUT2D eigenvalue weighted by atomic mass is 9.86. The summed E-state index contributed by atoms with van der Waals surface area (Å²) >= 11 is 0. The van der Waals surface area contributed by atoms with Crippen LogP contribution in [0, 0.1) is 41.4 Å². The molecule has 0 aromatic heterocycles. The van der Waals surface area contributed by atoms with Gasteiger partial charge in [-0.05, 0) is 205 Å². The molecule has 0 bridgehead atoms. The lowest BCUT2D eigenvalue weighted by Crippen LogP contribution is -2.53. The van der Waals surface area contributed by atoms with Crippen LogP contribution in [0.1, 0.15) is 278 Å². The lowest BCUT2D eigenvalue weighted by Gasteiger charge is -2.36. The third-order valence-corrected chi connectivity index (χ3v) is 26.2. The lowest BCUT2D eigenvalue weighted by molar-refractivity contribution is -0.157. The van der Waals surface area contributed by atoms with Gasteiger partial charge in [0, 0.05) is 96.8 Å². The molecular weight excluding hydrogens is 1830 g/mol. The van der Waals surface area contributed by atoms with E-state index in [0.29, 0.717) is 77.8 Å². The summed E-state index contributed by atoms with van der Waals surface area (Å²) in [6.07, 6.45) is 9.24. The van der Waals surface area contributed by atoms with Gasteiger partial charge >= 0.3 is 35.8 Å².